The van der Waals surface area contributed by atoms with Crippen LogP contribution in [0.2, 0.25) is 0 Å². The lowest BCUT2D eigenvalue weighted by Crippen LogP contribution is -2.26. The summed E-state index contributed by atoms with van der Waals surface area (Å²) in [5.74, 6) is 0. The van der Waals surface area contributed by atoms with Crippen molar-refractivity contribution in [2.75, 3.05) is 0 Å². The molecule has 0 radical (unpaired) electrons. The van der Waals surface area contributed by atoms with Crippen LogP contribution in [0.5, 0.6) is 0 Å². The van der Waals surface area contributed by atoms with Gasteiger partial charge in [-0.15, -0.1) is 0 Å². The van der Waals surface area contributed by atoms with Gasteiger partial charge < -0.3 is 0 Å². The van der Waals surface area contributed by atoms with Crippen LogP contribution >= 0.6 is 0 Å². The Morgan fingerprint density at radius 3 is 3.00 bits per heavy atom. The molecule has 0 bridgehead atoms. The van der Waals surface area contributed by atoms with Gasteiger partial charge >= 0.3 is 0 Å². The molecule has 1 heterocycles. The predicted octanol–water partition coefficient (Wildman–Crippen LogP) is 0.849. The van der Waals surface area contributed by atoms with Crippen molar-refractivity contribution in [1.82, 2.24) is 4.98 Å². The molecule has 0 saturated carbocycles. The van der Waals surface area contributed by atoms with Crippen LogP contribution in [0.3, 0.4) is 0 Å². The number of hydrogen-bond donors (Lipinski definition) is 0. The lowest BCUT2D eigenvalue weighted by Gasteiger charge is -1.85. The zero-order valence-electron chi connectivity index (χ0n) is 6.62. The maximum Gasteiger partial charge on any atom is 0.0698 e. The van der Waals surface area contributed by atoms with Crippen molar-refractivity contribution in [2.24, 2.45) is 0 Å². The third-order valence-corrected chi connectivity index (χ3v) is 1.46. The van der Waals surface area contributed by atoms with Gasteiger partial charge in [-0.1, -0.05) is 24.8 Å². The van der Waals surface area contributed by atoms with E-state index in [0.717, 1.165) is 10.6 Å². The molecular formula is C10H11N. The van der Waals surface area contributed by atoms with Gasteiger partial charge in [0, 0.05) is 6.20 Å². The minimum Gasteiger partial charge on any atom is -0.256 e. The first-order valence-electron chi connectivity index (χ1n) is 3.58. The Balaban J connectivity index is 3.48. The van der Waals surface area contributed by atoms with Crippen molar-refractivity contribution in [3.05, 3.63) is 41.6 Å². The number of hydrogen-bond acceptors (Lipinski definition) is 1. The molecule has 0 aliphatic rings. The standard InChI is InChI=1S/C10H11N/c1-3-6-10-9(4-2)7-5-8-11-10/h3-8H,1H2,2H3/b9-4-,10-6+. The Kier molecular flexibility index (Phi) is 2.61. The fourth-order valence-electron chi connectivity index (χ4n) is 0.925. The SMILES string of the molecule is C=C/C=c1/nccc/c1=C/C. The molecule has 1 heteroatoms. The van der Waals surface area contributed by atoms with E-state index in [1.165, 1.54) is 0 Å². The molecule has 0 saturated heterocycles. The van der Waals surface area contributed by atoms with Crippen LogP contribution in [-0.2, 0) is 0 Å². The largest absolute Gasteiger partial charge is 0.256 e. The molecule has 0 amide bonds. The van der Waals surface area contributed by atoms with Crippen LogP contribution in [-0.4, -0.2) is 4.98 Å². The summed E-state index contributed by atoms with van der Waals surface area (Å²) in [6, 6.07) is 3.96. The second kappa shape index (κ2) is 3.71. The normalized spacial score (nSPS) is 13.5. The summed E-state index contributed by atoms with van der Waals surface area (Å²) in [6.07, 6.45) is 7.45. The zero-order valence-corrected chi connectivity index (χ0v) is 6.62. The van der Waals surface area contributed by atoms with Crippen molar-refractivity contribution < 1.29 is 0 Å². The zero-order chi connectivity index (χ0) is 8.10. The maximum absolute atomic E-state index is 4.18. The molecule has 11 heavy (non-hydrogen) atoms. The Morgan fingerprint density at radius 1 is 1.55 bits per heavy atom. The molecule has 0 aromatic carbocycles. The van der Waals surface area contributed by atoms with Gasteiger partial charge in [0.25, 0.3) is 0 Å². The minimum absolute atomic E-state index is 0.977. The second-order valence-electron chi connectivity index (χ2n) is 2.17. The van der Waals surface area contributed by atoms with E-state index in [1.54, 1.807) is 12.3 Å². The highest BCUT2D eigenvalue weighted by Crippen LogP contribution is 1.68. The highest BCUT2D eigenvalue weighted by atomic mass is 14.6. The molecule has 1 aromatic rings. The Bertz CT molecular complexity index is 349. The molecule has 1 rings (SSSR count). The van der Waals surface area contributed by atoms with Crippen LogP contribution < -0.4 is 10.6 Å². The van der Waals surface area contributed by atoms with E-state index < -0.39 is 0 Å². The number of nitrogens with zero attached hydrogens (tertiary/aromatic N) is 1. The van der Waals surface area contributed by atoms with Crippen LogP contribution in [0, 0.1) is 0 Å². The second-order valence-corrected chi connectivity index (χ2v) is 2.17. The van der Waals surface area contributed by atoms with E-state index >= 15 is 0 Å². The van der Waals surface area contributed by atoms with Gasteiger partial charge in [-0.25, -0.2) is 0 Å². The molecular weight excluding hydrogens is 134 g/mol. The Labute approximate surface area is 66.4 Å². The maximum atomic E-state index is 4.18. The molecule has 0 fully saturated rings. The van der Waals surface area contributed by atoms with E-state index in [9.17, 15) is 0 Å². The highest BCUT2D eigenvalue weighted by Gasteiger charge is 1.79. The molecule has 0 atom stereocenters. The fraction of sp³-hybridized carbons (Fsp3) is 0.100. The van der Waals surface area contributed by atoms with Gasteiger partial charge in [0.1, 0.15) is 0 Å². The van der Waals surface area contributed by atoms with Gasteiger partial charge in [0.15, 0.2) is 0 Å². The molecule has 56 valence electrons. The first kappa shape index (κ1) is 7.73. The average Bonchev–Trinajstić information content (AvgIpc) is 2.06. The van der Waals surface area contributed by atoms with E-state index in [-0.39, 0.29) is 0 Å². The Morgan fingerprint density at radius 2 is 2.36 bits per heavy atom. The van der Waals surface area contributed by atoms with Crippen molar-refractivity contribution in [3.8, 4) is 0 Å². The molecule has 0 aliphatic carbocycles. The summed E-state index contributed by atoms with van der Waals surface area (Å²) in [5.41, 5.74) is 0. The summed E-state index contributed by atoms with van der Waals surface area (Å²) in [6.45, 7) is 5.62. The first-order valence-corrected chi connectivity index (χ1v) is 3.58. The van der Waals surface area contributed by atoms with Gasteiger partial charge in [-0.2, -0.15) is 0 Å². The van der Waals surface area contributed by atoms with E-state index in [0.29, 0.717) is 0 Å². The van der Waals surface area contributed by atoms with Crippen molar-refractivity contribution >= 4 is 12.2 Å². The van der Waals surface area contributed by atoms with Gasteiger partial charge in [-0.3, -0.25) is 4.98 Å². The van der Waals surface area contributed by atoms with E-state index in [1.807, 2.05) is 31.2 Å². The van der Waals surface area contributed by atoms with Crippen molar-refractivity contribution in [1.29, 1.82) is 0 Å². The van der Waals surface area contributed by atoms with Crippen LogP contribution in [0.1, 0.15) is 6.92 Å². The summed E-state index contributed by atoms with van der Waals surface area (Å²) in [5, 5.41) is 2.12. The third kappa shape index (κ3) is 1.77. The molecule has 0 N–H and O–H groups in total. The monoisotopic (exact) mass is 145 g/mol. The molecule has 0 unspecified atom stereocenters. The van der Waals surface area contributed by atoms with E-state index in [4.69, 9.17) is 0 Å². The molecule has 1 nitrogen and oxygen atoms in total. The molecule has 0 aliphatic heterocycles. The smallest absolute Gasteiger partial charge is 0.0698 e. The summed E-state index contributed by atoms with van der Waals surface area (Å²) in [7, 11) is 0. The highest BCUT2D eigenvalue weighted by molar-refractivity contribution is 5.34. The molecule has 1 aromatic heterocycles. The third-order valence-electron chi connectivity index (χ3n) is 1.46. The Hall–Kier alpha value is -1.37. The summed E-state index contributed by atoms with van der Waals surface area (Å²) >= 11 is 0. The first-order chi connectivity index (χ1) is 5.38. The minimum atomic E-state index is 0.977. The number of pyridine rings is 1. The topological polar surface area (TPSA) is 12.9 Å². The average molecular weight is 145 g/mol. The fourth-order valence-corrected chi connectivity index (χ4v) is 0.925. The predicted molar refractivity (Wildman–Crippen MR) is 48.3 cm³/mol. The number of rotatable bonds is 1. The molecule has 0 spiro atoms. The van der Waals surface area contributed by atoms with E-state index in [2.05, 4.69) is 11.6 Å². The summed E-state index contributed by atoms with van der Waals surface area (Å²) in [4.78, 5) is 4.18. The lowest BCUT2D eigenvalue weighted by molar-refractivity contribution is 1.22. The van der Waals surface area contributed by atoms with Crippen molar-refractivity contribution in [2.45, 2.75) is 6.92 Å². The number of aromatic nitrogens is 1. The van der Waals surface area contributed by atoms with Crippen LogP contribution in [0.15, 0.2) is 31.0 Å². The quantitative estimate of drug-likeness (QED) is 0.571. The number of allylic oxidation sites excluding steroid dienone is 1. The van der Waals surface area contributed by atoms with Crippen LogP contribution in [0.4, 0.5) is 0 Å². The van der Waals surface area contributed by atoms with Crippen LogP contribution in [0.25, 0.3) is 12.2 Å². The van der Waals surface area contributed by atoms with Crippen molar-refractivity contribution in [3.63, 3.8) is 0 Å². The summed E-state index contributed by atoms with van der Waals surface area (Å²) < 4.78 is 0. The van der Waals surface area contributed by atoms with Gasteiger partial charge in [-0.05, 0) is 24.3 Å². The van der Waals surface area contributed by atoms with Gasteiger partial charge in [0.2, 0.25) is 0 Å². The van der Waals surface area contributed by atoms with Gasteiger partial charge in [0.05, 0.1) is 5.35 Å². The lowest BCUT2D eigenvalue weighted by atomic mass is 10.3.